The lowest BCUT2D eigenvalue weighted by Gasteiger charge is -2.31. The molecule has 5 rings (SSSR count). The maximum absolute atomic E-state index is 12.9. The molecule has 1 saturated heterocycles. The zero-order valence-corrected chi connectivity index (χ0v) is 16.7. The molecule has 2 aliphatic heterocycles. The van der Waals surface area contributed by atoms with Gasteiger partial charge in [0.15, 0.2) is 17.3 Å². The number of benzene rings is 1. The largest absolute Gasteiger partial charge is 0.486 e. The van der Waals surface area contributed by atoms with Crippen LogP contribution in [0.5, 0.6) is 11.5 Å². The van der Waals surface area contributed by atoms with Gasteiger partial charge in [0.1, 0.15) is 23.7 Å². The summed E-state index contributed by atoms with van der Waals surface area (Å²) in [6.45, 7) is 3.24. The first-order chi connectivity index (χ1) is 14.2. The molecule has 0 bridgehead atoms. The van der Waals surface area contributed by atoms with Crippen LogP contribution in [0.1, 0.15) is 29.0 Å². The van der Waals surface area contributed by atoms with Crippen LogP contribution in [-0.2, 0) is 6.54 Å². The van der Waals surface area contributed by atoms with Crippen LogP contribution in [-0.4, -0.2) is 47.0 Å². The van der Waals surface area contributed by atoms with E-state index in [2.05, 4.69) is 14.9 Å². The zero-order chi connectivity index (χ0) is 19.8. The summed E-state index contributed by atoms with van der Waals surface area (Å²) in [6.07, 6.45) is 1.58. The van der Waals surface area contributed by atoms with Crippen LogP contribution < -0.4 is 15.0 Å². The highest BCUT2D eigenvalue weighted by Gasteiger charge is 2.27. The summed E-state index contributed by atoms with van der Waals surface area (Å²) < 4.78 is 11.8. The molecule has 3 aromatic rings. The van der Waals surface area contributed by atoms with E-state index in [0.717, 1.165) is 31.4 Å². The predicted octanol–water partition coefficient (Wildman–Crippen LogP) is 2.85. The lowest BCUT2D eigenvalue weighted by Crippen LogP contribution is -2.36. The third-order valence-corrected chi connectivity index (χ3v) is 6.42. The molecule has 1 N–H and O–H groups in total. The van der Waals surface area contributed by atoms with Crippen molar-refractivity contribution in [1.29, 1.82) is 0 Å². The van der Waals surface area contributed by atoms with Gasteiger partial charge < -0.3 is 14.5 Å². The minimum atomic E-state index is -0.0799. The molecule has 29 heavy (non-hydrogen) atoms. The summed E-state index contributed by atoms with van der Waals surface area (Å²) in [5, 5.41) is 1.88. The molecule has 0 aliphatic carbocycles. The number of Topliss-reactive ketones (excluding diaryl/α,β-unsaturated/α-hetero) is 1. The Hall–Kier alpha value is -2.71. The van der Waals surface area contributed by atoms with Gasteiger partial charge in [-0.05, 0) is 55.6 Å². The van der Waals surface area contributed by atoms with Gasteiger partial charge in [0, 0.05) is 11.5 Å². The van der Waals surface area contributed by atoms with Crippen molar-refractivity contribution >= 4 is 27.3 Å². The Bertz CT molecular complexity index is 1110. The SMILES string of the molecule is O=C(c1ccc2c(c1)OCCO2)C1CCN(Cc2nc3ccsc3c(=O)[nH]2)CC1. The fraction of sp³-hybridized carbons (Fsp3) is 0.381. The molecule has 0 atom stereocenters. The molecule has 2 aliphatic rings. The summed E-state index contributed by atoms with van der Waals surface area (Å²) in [5.74, 6) is 2.19. The van der Waals surface area contributed by atoms with E-state index in [9.17, 15) is 9.59 Å². The van der Waals surface area contributed by atoms with Gasteiger partial charge in [0.25, 0.3) is 5.56 Å². The first-order valence-corrected chi connectivity index (χ1v) is 10.7. The average molecular weight is 411 g/mol. The van der Waals surface area contributed by atoms with Crippen molar-refractivity contribution in [1.82, 2.24) is 14.9 Å². The summed E-state index contributed by atoms with van der Waals surface area (Å²) in [6, 6.07) is 7.32. The van der Waals surface area contributed by atoms with Crippen LogP contribution in [0.15, 0.2) is 34.4 Å². The molecule has 0 unspecified atom stereocenters. The number of H-pyrrole nitrogens is 1. The van der Waals surface area contributed by atoms with E-state index >= 15 is 0 Å². The Morgan fingerprint density at radius 3 is 2.79 bits per heavy atom. The number of hydrogen-bond acceptors (Lipinski definition) is 7. The van der Waals surface area contributed by atoms with Crippen LogP contribution in [0.25, 0.3) is 10.2 Å². The Kier molecular flexibility index (Phi) is 4.81. The standard InChI is InChI=1S/C21H21N3O4S/c25-19(14-1-2-16-17(11-14)28-9-8-27-16)13-3-6-24(7-4-13)12-18-22-15-5-10-29-20(15)21(26)23-18/h1-2,5,10-11,13H,3-4,6-9,12H2,(H,22,23,26). The highest BCUT2D eigenvalue weighted by molar-refractivity contribution is 7.17. The van der Waals surface area contributed by atoms with Crippen LogP contribution in [0, 0.1) is 5.92 Å². The third kappa shape index (κ3) is 3.65. The number of likely N-dealkylation sites (tertiary alicyclic amines) is 1. The number of nitrogens with zero attached hydrogens (tertiary/aromatic N) is 2. The first kappa shape index (κ1) is 18.3. The molecule has 1 fully saturated rings. The Morgan fingerprint density at radius 2 is 1.97 bits per heavy atom. The maximum atomic E-state index is 12.9. The second-order valence-electron chi connectivity index (χ2n) is 7.42. The molecule has 2 aromatic heterocycles. The summed E-state index contributed by atoms with van der Waals surface area (Å²) in [7, 11) is 0. The van der Waals surface area contributed by atoms with E-state index in [1.54, 1.807) is 6.07 Å². The van der Waals surface area contributed by atoms with Gasteiger partial charge in [-0.25, -0.2) is 4.98 Å². The first-order valence-electron chi connectivity index (χ1n) is 9.80. The zero-order valence-electron chi connectivity index (χ0n) is 15.8. The lowest BCUT2D eigenvalue weighted by molar-refractivity contribution is 0.0831. The third-order valence-electron chi connectivity index (χ3n) is 5.52. The highest BCUT2D eigenvalue weighted by atomic mass is 32.1. The molecule has 1 aromatic carbocycles. The monoisotopic (exact) mass is 411 g/mol. The van der Waals surface area contributed by atoms with Crippen LogP contribution in [0.3, 0.4) is 0 Å². The fourth-order valence-corrected chi connectivity index (χ4v) is 4.72. The molecule has 0 saturated carbocycles. The van der Waals surface area contributed by atoms with Gasteiger partial charge in [0.2, 0.25) is 0 Å². The molecule has 0 spiro atoms. The Labute approximate surface area is 171 Å². The van der Waals surface area contributed by atoms with Crippen molar-refractivity contribution in [2.24, 2.45) is 5.92 Å². The number of piperidine rings is 1. The van der Waals surface area contributed by atoms with Gasteiger partial charge in [-0.2, -0.15) is 0 Å². The average Bonchev–Trinajstić information content (AvgIpc) is 3.23. The van der Waals surface area contributed by atoms with Crippen molar-refractivity contribution in [3.63, 3.8) is 0 Å². The normalized spacial score (nSPS) is 17.5. The van der Waals surface area contributed by atoms with Gasteiger partial charge in [-0.3, -0.25) is 14.5 Å². The van der Waals surface area contributed by atoms with E-state index in [-0.39, 0.29) is 17.3 Å². The van der Waals surface area contributed by atoms with Gasteiger partial charge in [-0.15, -0.1) is 11.3 Å². The second-order valence-corrected chi connectivity index (χ2v) is 8.34. The number of carbonyl (C=O) groups excluding carboxylic acids is 1. The number of rotatable bonds is 4. The summed E-state index contributed by atoms with van der Waals surface area (Å²) in [4.78, 5) is 34.7. The maximum Gasteiger partial charge on any atom is 0.268 e. The molecular weight excluding hydrogens is 390 g/mol. The topological polar surface area (TPSA) is 84.5 Å². The minimum absolute atomic E-state index is 0.000158. The Morgan fingerprint density at radius 1 is 1.17 bits per heavy atom. The molecule has 0 radical (unpaired) electrons. The summed E-state index contributed by atoms with van der Waals surface area (Å²) in [5.41, 5.74) is 1.35. The fourth-order valence-electron chi connectivity index (χ4n) is 3.99. The van der Waals surface area contributed by atoms with Crippen molar-refractivity contribution in [3.05, 3.63) is 51.4 Å². The van der Waals surface area contributed by atoms with Crippen molar-refractivity contribution in [2.45, 2.75) is 19.4 Å². The lowest BCUT2D eigenvalue weighted by atomic mass is 9.88. The Balaban J connectivity index is 1.23. The number of ether oxygens (including phenoxy) is 2. The van der Waals surface area contributed by atoms with E-state index < -0.39 is 0 Å². The van der Waals surface area contributed by atoms with Gasteiger partial charge in [0.05, 0.1) is 12.1 Å². The van der Waals surface area contributed by atoms with Gasteiger partial charge in [-0.1, -0.05) is 0 Å². The molecule has 7 nitrogen and oxygen atoms in total. The number of aromatic nitrogens is 2. The van der Waals surface area contributed by atoms with E-state index in [1.807, 2.05) is 23.6 Å². The number of ketones is 1. The number of carbonyl (C=O) groups is 1. The molecule has 4 heterocycles. The smallest absolute Gasteiger partial charge is 0.268 e. The molecular formula is C21H21N3O4S. The quantitative estimate of drug-likeness (QED) is 0.665. The van der Waals surface area contributed by atoms with E-state index in [4.69, 9.17) is 9.47 Å². The van der Waals surface area contributed by atoms with Crippen molar-refractivity contribution in [2.75, 3.05) is 26.3 Å². The number of nitrogens with one attached hydrogen (secondary N) is 1. The number of fused-ring (bicyclic) bond motifs is 2. The van der Waals surface area contributed by atoms with E-state index in [0.29, 0.717) is 47.3 Å². The number of hydrogen-bond donors (Lipinski definition) is 1. The van der Waals surface area contributed by atoms with Crippen LogP contribution in [0.2, 0.25) is 0 Å². The van der Waals surface area contributed by atoms with Crippen molar-refractivity contribution < 1.29 is 14.3 Å². The second kappa shape index (κ2) is 7.61. The predicted molar refractivity (Wildman–Crippen MR) is 110 cm³/mol. The molecule has 8 heteroatoms. The van der Waals surface area contributed by atoms with Crippen LogP contribution >= 0.6 is 11.3 Å². The van der Waals surface area contributed by atoms with Crippen LogP contribution in [0.4, 0.5) is 0 Å². The number of aromatic amines is 1. The summed E-state index contributed by atoms with van der Waals surface area (Å²) >= 11 is 1.40. The molecule has 150 valence electrons. The van der Waals surface area contributed by atoms with Gasteiger partial charge >= 0.3 is 0 Å². The minimum Gasteiger partial charge on any atom is -0.486 e. The number of thiophene rings is 1. The van der Waals surface area contributed by atoms with Crippen molar-refractivity contribution in [3.8, 4) is 11.5 Å². The van der Waals surface area contributed by atoms with E-state index in [1.165, 1.54) is 11.3 Å². The highest BCUT2D eigenvalue weighted by Crippen LogP contribution is 2.32. The molecule has 0 amide bonds.